The summed E-state index contributed by atoms with van der Waals surface area (Å²) in [6, 6.07) is 7.25. The van der Waals surface area contributed by atoms with E-state index in [0.717, 1.165) is 55.4 Å². The lowest BCUT2D eigenvalue weighted by atomic mass is 9.77. The summed E-state index contributed by atoms with van der Waals surface area (Å²) in [5, 5.41) is 0. The molecule has 0 N–H and O–H groups in total. The van der Waals surface area contributed by atoms with Crippen LogP contribution in [0.25, 0.3) is 0 Å². The number of esters is 1. The first kappa shape index (κ1) is 31.2. The average Bonchev–Trinajstić information content (AvgIpc) is 3.78. The first-order chi connectivity index (χ1) is 20.8. The molecule has 2 bridgehead atoms. The van der Waals surface area contributed by atoms with Gasteiger partial charge >= 0.3 is 18.3 Å². The fraction of sp³-hybridized carbons (Fsp3) is 0.618. The average molecular weight is 624 g/mol. The normalized spacial score (nSPS) is 27.7. The van der Waals surface area contributed by atoms with Gasteiger partial charge in [0.25, 0.3) is 0 Å². The molecular formula is C34H39F6NO3. The molecule has 7 atom stereocenters. The largest absolute Gasteiger partial charge is 0.490 e. The molecular weight excluding hydrogens is 584 g/mol. The summed E-state index contributed by atoms with van der Waals surface area (Å²) in [4.78, 5) is 14.4. The van der Waals surface area contributed by atoms with Gasteiger partial charge in [0.1, 0.15) is 11.9 Å². The van der Waals surface area contributed by atoms with Gasteiger partial charge in [0.05, 0.1) is 24.2 Å². The standard InChI is InChI=1S/C34H39F6NO3/c1-18(32(42)43-3)30(21-5-6-21)22-7-4-20-10-13-28(44-29(20)14-22)31-23-8-9-24(31)17-41(16-23)19(2)26-15-25(33(35,36)37)11-12-27(26)34(38,39)40/h4,7,11-12,14-15,18-19,21,23-24,28,30-31H,5-6,8-10,13,16-17H2,1-3H3/t18?,19?,23-,24+,28?,30?,31?. The molecule has 10 heteroatoms. The number of nitrogens with zero attached hydrogens (tertiary/aromatic N) is 1. The van der Waals surface area contributed by atoms with Crippen molar-refractivity contribution in [2.24, 2.45) is 29.6 Å². The van der Waals surface area contributed by atoms with Crippen molar-refractivity contribution < 1.29 is 40.6 Å². The molecule has 2 aromatic rings. The monoisotopic (exact) mass is 623 g/mol. The molecule has 2 aromatic carbocycles. The molecule has 5 unspecified atom stereocenters. The molecule has 0 spiro atoms. The summed E-state index contributed by atoms with van der Waals surface area (Å²) in [6.07, 6.45) is -3.82. The topological polar surface area (TPSA) is 38.8 Å². The van der Waals surface area contributed by atoms with Crippen molar-refractivity contribution in [2.45, 2.75) is 82.8 Å². The third-order valence-electron chi connectivity index (χ3n) is 10.7. The van der Waals surface area contributed by atoms with Gasteiger partial charge in [-0.25, -0.2) is 0 Å². The number of hydrogen-bond donors (Lipinski definition) is 0. The van der Waals surface area contributed by atoms with E-state index in [1.807, 2.05) is 11.8 Å². The van der Waals surface area contributed by atoms with E-state index in [1.165, 1.54) is 7.11 Å². The van der Waals surface area contributed by atoms with Crippen LogP contribution in [0.3, 0.4) is 0 Å². The molecule has 2 saturated carbocycles. The van der Waals surface area contributed by atoms with E-state index in [0.29, 0.717) is 37.2 Å². The lowest BCUT2D eigenvalue weighted by Gasteiger charge is -2.45. The number of hydrogen-bond acceptors (Lipinski definition) is 4. The number of likely N-dealkylation sites (tertiary alicyclic amines) is 1. The van der Waals surface area contributed by atoms with E-state index >= 15 is 0 Å². The molecule has 4 aliphatic rings. The highest BCUT2D eigenvalue weighted by molar-refractivity contribution is 5.73. The molecule has 4 nitrogen and oxygen atoms in total. The first-order valence-corrected chi connectivity index (χ1v) is 15.7. The van der Waals surface area contributed by atoms with Crippen LogP contribution in [-0.2, 0) is 28.3 Å². The Morgan fingerprint density at radius 1 is 0.909 bits per heavy atom. The maximum absolute atomic E-state index is 13.9. The van der Waals surface area contributed by atoms with E-state index in [9.17, 15) is 31.1 Å². The summed E-state index contributed by atoms with van der Waals surface area (Å²) in [5.74, 6) is 1.47. The highest BCUT2D eigenvalue weighted by atomic mass is 19.4. The fourth-order valence-corrected chi connectivity index (χ4v) is 8.41. The predicted octanol–water partition coefficient (Wildman–Crippen LogP) is 8.44. The van der Waals surface area contributed by atoms with Gasteiger partial charge in [-0.05, 0) is 110 Å². The highest BCUT2D eigenvalue weighted by Crippen LogP contribution is 2.51. The number of ether oxygens (including phenoxy) is 2. The van der Waals surface area contributed by atoms with E-state index in [-0.39, 0.29) is 47.2 Å². The summed E-state index contributed by atoms with van der Waals surface area (Å²) < 4.78 is 93.8. The van der Waals surface area contributed by atoms with E-state index < -0.39 is 29.5 Å². The van der Waals surface area contributed by atoms with Crippen molar-refractivity contribution in [3.8, 4) is 5.75 Å². The molecule has 6 rings (SSSR count). The second-order valence-electron chi connectivity index (χ2n) is 13.3. The van der Waals surface area contributed by atoms with Crippen molar-refractivity contribution in [2.75, 3.05) is 20.2 Å². The minimum absolute atomic E-state index is 0.0376. The maximum Gasteiger partial charge on any atom is 0.416 e. The Bertz CT molecular complexity index is 1370. The van der Waals surface area contributed by atoms with Crippen LogP contribution in [0.4, 0.5) is 26.3 Å². The van der Waals surface area contributed by atoms with Gasteiger partial charge in [-0.1, -0.05) is 19.1 Å². The lowest BCUT2D eigenvalue weighted by Crippen LogP contribution is -2.49. The molecule has 3 fully saturated rings. The predicted molar refractivity (Wildman–Crippen MR) is 152 cm³/mol. The van der Waals surface area contributed by atoms with Crippen molar-refractivity contribution in [3.05, 3.63) is 64.2 Å². The summed E-state index contributed by atoms with van der Waals surface area (Å²) >= 11 is 0. The first-order valence-electron chi connectivity index (χ1n) is 15.7. The Labute approximate surface area is 254 Å². The third-order valence-corrected chi connectivity index (χ3v) is 10.7. The Kier molecular flexibility index (Phi) is 8.21. The van der Waals surface area contributed by atoms with Gasteiger partial charge < -0.3 is 9.47 Å². The zero-order valence-corrected chi connectivity index (χ0v) is 25.2. The second-order valence-corrected chi connectivity index (χ2v) is 13.3. The van der Waals surface area contributed by atoms with Gasteiger partial charge in [0, 0.05) is 25.0 Å². The molecule has 240 valence electrons. The van der Waals surface area contributed by atoms with E-state index in [4.69, 9.17) is 9.47 Å². The van der Waals surface area contributed by atoms with Crippen molar-refractivity contribution in [1.29, 1.82) is 0 Å². The van der Waals surface area contributed by atoms with E-state index in [1.54, 1.807) is 6.92 Å². The second kappa shape index (κ2) is 11.6. The minimum atomic E-state index is -4.75. The summed E-state index contributed by atoms with van der Waals surface area (Å²) in [6.45, 7) is 4.54. The molecule has 2 aliphatic heterocycles. The summed E-state index contributed by atoms with van der Waals surface area (Å²) in [5.41, 5.74) is -0.192. The quantitative estimate of drug-likeness (QED) is 0.229. The van der Waals surface area contributed by atoms with E-state index in [2.05, 4.69) is 18.2 Å². The number of halogens is 6. The van der Waals surface area contributed by atoms with Crippen LogP contribution in [-0.4, -0.2) is 37.2 Å². The Morgan fingerprint density at radius 3 is 2.18 bits per heavy atom. The SMILES string of the molecule is COC(=O)C(C)C(c1ccc2c(c1)OC(C1[C@@H]3CC[C@H]1CN(C(C)c1cc(C(F)(F)F)ccc1C(F)(F)F)C3)CC2)C1CC1. The zero-order chi connectivity index (χ0) is 31.6. The number of fused-ring (bicyclic) bond motifs is 3. The Balaban J connectivity index is 1.20. The zero-order valence-electron chi connectivity index (χ0n) is 25.2. The number of alkyl halides is 6. The number of piperidine rings is 1. The Hall–Kier alpha value is -2.75. The molecule has 2 heterocycles. The van der Waals surface area contributed by atoms with Crippen LogP contribution in [0, 0.1) is 29.6 Å². The van der Waals surface area contributed by atoms with Crippen LogP contribution < -0.4 is 4.74 Å². The highest BCUT2D eigenvalue weighted by Gasteiger charge is 2.49. The van der Waals surface area contributed by atoms with Crippen molar-refractivity contribution in [3.63, 3.8) is 0 Å². The molecule has 44 heavy (non-hydrogen) atoms. The lowest BCUT2D eigenvalue weighted by molar-refractivity contribution is -0.146. The fourth-order valence-electron chi connectivity index (χ4n) is 8.41. The minimum Gasteiger partial charge on any atom is -0.490 e. The molecule has 2 aliphatic carbocycles. The van der Waals surface area contributed by atoms with Crippen LogP contribution in [0.1, 0.15) is 85.7 Å². The number of aryl methyl sites for hydroxylation is 1. The number of carbonyl (C=O) groups excluding carboxylic acids is 1. The van der Waals surface area contributed by atoms with Gasteiger partial charge in [-0.2, -0.15) is 26.3 Å². The molecule has 0 aromatic heterocycles. The van der Waals surface area contributed by atoms with Crippen molar-refractivity contribution >= 4 is 5.97 Å². The summed E-state index contributed by atoms with van der Waals surface area (Å²) in [7, 11) is 1.42. The third kappa shape index (κ3) is 5.95. The number of carbonyl (C=O) groups is 1. The van der Waals surface area contributed by atoms with Crippen molar-refractivity contribution in [1.82, 2.24) is 4.90 Å². The molecule has 0 radical (unpaired) electrons. The molecule has 0 amide bonds. The maximum atomic E-state index is 13.9. The van der Waals surface area contributed by atoms with Gasteiger partial charge in [-0.3, -0.25) is 9.69 Å². The number of benzene rings is 2. The molecule has 1 saturated heterocycles. The number of rotatable bonds is 7. The van der Waals surface area contributed by atoms with Gasteiger partial charge in [-0.15, -0.1) is 0 Å². The van der Waals surface area contributed by atoms with Gasteiger partial charge in [0.2, 0.25) is 0 Å². The smallest absolute Gasteiger partial charge is 0.416 e. The Morgan fingerprint density at radius 2 is 1.59 bits per heavy atom. The van der Waals surface area contributed by atoms with Crippen LogP contribution in [0.5, 0.6) is 5.75 Å². The van der Waals surface area contributed by atoms with Crippen LogP contribution in [0.15, 0.2) is 36.4 Å². The van der Waals surface area contributed by atoms with Gasteiger partial charge in [0.15, 0.2) is 0 Å². The number of methoxy groups -OCH3 is 1. The van der Waals surface area contributed by atoms with Crippen LogP contribution in [0.2, 0.25) is 0 Å². The van der Waals surface area contributed by atoms with Crippen LogP contribution >= 0.6 is 0 Å².